The van der Waals surface area contributed by atoms with Crippen LogP contribution in [0.2, 0.25) is 0 Å². The van der Waals surface area contributed by atoms with Crippen molar-refractivity contribution in [3.8, 4) is 0 Å². The topological polar surface area (TPSA) is 57.2 Å². The van der Waals surface area contributed by atoms with Gasteiger partial charge in [0.05, 0.1) is 50.3 Å². The molecule has 0 aliphatic heterocycles. The van der Waals surface area contributed by atoms with Gasteiger partial charge >= 0.3 is 0 Å². The third kappa shape index (κ3) is 11.2. The molecule has 0 radical (unpaired) electrons. The molecule has 0 aromatic heterocycles. The van der Waals surface area contributed by atoms with Crippen molar-refractivity contribution in [2.75, 3.05) is 33.0 Å². The number of hydrogen-bond donors (Lipinski definition) is 1. The van der Waals surface area contributed by atoms with Crippen LogP contribution < -0.4 is 0 Å². The summed E-state index contributed by atoms with van der Waals surface area (Å²) in [5, 5.41) is 9.27. The van der Waals surface area contributed by atoms with Gasteiger partial charge in [0.1, 0.15) is 6.10 Å². The molecule has 0 saturated heterocycles. The second-order valence-corrected chi connectivity index (χ2v) is 6.91. The standard InChI is InChI=1S/C17H34O5/c1-8-9-19-13-17(6,7)22-15(10-20-14(2)3)11-21-16(4,5)12-18/h8,14-15,18H,1,9-13H2,2-7H3. The Morgan fingerprint density at radius 3 is 2.23 bits per heavy atom. The van der Waals surface area contributed by atoms with Crippen molar-refractivity contribution in [2.45, 2.75) is 65.0 Å². The van der Waals surface area contributed by atoms with Gasteiger partial charge in [0.25, 0.3) is 0 Å². The van der Waals surface area contributed by atoms with E-state index in [1.165, 1.54) is 0 Å². The molecule has 0 aliphatic rings. The maximum Gasteiger partial charge on any atom is 0.105 e. The molecule has 132 valence electrons. The lowest BCUT2D eigenvalue weighted by molar-refractivity contribution is -0.172. The molecule has 5 nitrogen and oxygen atoms in total. The predicted octanol–water partition coefficient (Wildman–Crippen LogP) is 2.57. The molecule has 0 aromatic rings. The molecule has 22 heavy (non-hydrogen) atoms. The molecule has 1 unspecified atom stereocenters. The first-order valence-corrected chi connectivity index (χ1v) is 7.85. The molecule has 0 aliphatic carbocycles. The van der Waals surface area contributed by atoms with Gasteiger partial charge in [-0.15, -0.1) is 6.58 Å². The summed E-state index contributed by atoms with van der Waals surface area (Å²) < 4.78 is 22.9. The molecular formula is C17H34O5. The monoisotopic (exact) mass is 318 g/mol. The Morgan fingerprint density at radius 1 is 1.09 bits per heavy atom. The van der Waals surface area contributed by atoms with Crippen LogP contribution in [0.4, 0.5) is 0 Å². The zero-order valence-corrected chi connectivity index (χ0v) is 15.1. The van der Waals surface area contributed by atoms with Crippen molar-refractivity contribution in [2.24, 2.45) is 0 Å². The van der Waals surface area contributed by atoms with Gasteiger partial charge in [-0.2, -0.15) is 0 Å². The average molecular weight is 318 g/mol. The van der Waals surface area contributed by atoms with Crippen LogP contribution >= 0.6 is 0 Å². The van der Waals surface area contributed by atoms with Crippen LogP contribution in [0.15, 0.2) is 12.7 Å². The first-order valence-electron chi connectivity index (χ1n) is 7.85. The molecule has 1 atom stereocenters. The highest BCUT2D eigenvalue weighted by Crippen LogP contribution is 2.16. The first-order chi connectivity index (χ1) is 10.1. The van der Waals surface area contributed by atoms with Crippen molar-refractivity contribution in [3.05, 3.63) is 12.7 Å². The smallest absolute Gasteiger partial charge is 0.105 e. The van der Waals surface area contributed by atoms with Gasteiger partial charge in [-0.1, -0.05) is 6.08 Å². The highest BCUT2D eigenvalue weighted by molar-refractivity contribution is 4.75. The number of aliphatic hydroxyl groups is 1. The van der Waals surface area contributed by atoms with Gasteiger partial charge in [-0.25, -0.2) is 0 Å². The van der Waals surface area contributed by atoms with Crippen LogP contribution in [0.3, 0.4) is 0 Å². The Labute approximate surface area is 135 Å². The van der Waals surface area contributed by atoms with Gasteiger partial charge < -0.3 is 24.1 Å². The number of rotatable bonds is 13. The largest absolute Gasteiger partial charge is 0.393 e. The van der Waals surface area contributed by atoms with E-state index in [2.05, 4.69) is 6.58 Å². The summed E-state index contributed by atoms with van der Waals surface area (Å²) in [5.41, 5.74) is -1.05. The number of hydrogen-bond acceptors (Lipinski definition) is 5. The van der Waals surface area contributed by atoms with Crippen LogP contribution in [-0.2, 0) is 18.9 Å². The van der Waals surface area contributed by atoms with Crippen LogP contribution in [0, 0.1) is 0 Å². The van der Waals surface area contributed by atoms with Gasteiger partial charge in [-0.05, 0) is 41.5 Å². The maximum absolute atomic E-state index is 9.27. The van der Waals surface area contributed by atoms with E-state index in [9.17, 15) is 5.11 Å². The fourth-order valence-electron chi connectivity index (χ4n) is 1.65. The molecule has 0 fully saturated rings. The first kappa shape index (κ1) is 21.5. The van der Waals surface area contributed by atoms with Crippen molar-refractivity contribution in [1.82, 2.24) is 0 Å². The van der Waals surface area contributed by atoms with Crippen molar-refractivity contribution < 1.29 is 24.1 Å². The van der Waals surface area contributed by atoms with E-state index in [1.54, 1.807) is 6.08 Å². The maximum atomic E-state index is 9.27. The minimum atomic E-state index is -0.594. The minimum Gasteiger partial charge on any atom is -0.393 e. The molecular weight excluding hydrogens is 284 g/mol. The predicted molar refractivity (Wildman–Crippen MR) is 88.2 cm³/mol. The van der Waals surface area contributed by atoms with Crippen LogP contribution in [0.1, 0.15) is 41.5 Å². The number of aliphatic hydroxyl groups excluding tert-OH is 1. The Hall–Kier alpha value is -0.460. The molecule has 0 saturated carbocycles. The second-order valence-electron chi connectivity index (χ2n) is 6.91. The molecule has 0 bridgehead atoms. The minimum absolute atomic E-state index is 0.0450. The Kier molecular flexibility index (Phi) is 10.1. The highest BCUT2D eigenvalue weighted by Gasteiger charge is 2.27. The molecule has 0 rings (SSSR count). The highest BCUT2D eigenvalue weighted by atomic mass is 16.6. The molecule has 0 heterocycles. The van der Waals surface area contributed by atoms with E-state index in [-0.39, 0.29) is 18.8 Å². The van der Waals surface area contributed by atoms with E-state index in [0.29, 0.717) is 26.4 Å². The van der Waals surface area contributed by atoms with Crippen LogP contribution in [0.5, 0.6) is 0 Å². The van der Waals surface area contributed by atoms with Crippen molar-refractivity contribution in [1.29, 1.82) is 0 Å². The van der Waals surface area contributed by atoms with Gasteiger partial charge in [0.15, 0.2) is 0 Å². The molecule has 0 spiro atoms. The van der Waals surface area contributed by atoms with Crippen LogP contribution in [-0.4, -0.2) is 61.6 Å². The lowest BCUT2D eigenvalue weighted by Gasteiger charge is -2.33. The van der Waals surface area contributed by atoms with E-state index in [1.807, 2.05) is 41.5 Å². The van der Waals surface area contributed by atoms with Gasteiger partial charge in [0, 0.05) is 0 Å². The molecule has 1 N–H and O–H groups in total. The lowest BCUT2D eigenvalue weighted by Crippen LogP contribution is -2.42. The lowest BCUT2D eigenvalue weighted by atomic mass is 10.1. The quantitative estimate of drug-likeness (QED) is 0.418. The van der Waals surface area contributed by atoms with E-state index < -0.39 is 11.2 Å². The fourth-order valence-corrected chi connectivity index (χ4v) is 1.65. The molecule has 5 heteroatoms. The zero-order valence-electron chi connectivity index (χ0n) is 15.1. The van der Waals surface area contributed by atoms with Crippen LogP contribution in [0.25, 0.3) is 0 Å². The summed E-state index contributed by atoms with van der Waals surface area (Å²) in [6.07, 6.45) is 1.61. The third-order valence-corrected chi connectivity index (χ3v) is 2.83. The molecule has 0 amide bonds. The van der Waals surface area contributed by atoms with E-state index >= 15 is 0 Å². The summed E-state index contributed by atoms with van der Waals surface area (Å²) in [6, 6.07) is 0. The normalized spacial score (nSPS) is 14.4. The second kappa shape index (κ2) is 10.3. The Balaban J connectivity index is 4.52. The fraction of sp³-hybridized carbons (Fsp3) is 0.882. The van der Waals surface area contributed by atoms with Gasteiger partial charge in [-0.3, -0.25) is 0 Å². The average Bonchev–Trinajstić information content (AvgIpc) is 2.42. The SMILES string of the molecule is C=CCOCC(C)(C)OC(COC(C)C)COC(C)(C)CO. The summed E-state index contributed by atoms with van der Waals surface area (Å²) in [7, 11) is 0. The molecule has 0 aromatic carbocycles. The Bertz CT molecular complexity index is 299. The van der Waals surface area contributed by atoms with Gasteiger partial charge in [0.2, 0.25) is 0 Å². The van der Waals surface area contributed by atoms with Crippen molar-refractivity contribution >= 4 is 0 Å². The summed E-state index contributed by atoms with van der Waals surface area (Å²) >= 11 is 0. The summed E-state index contributed by atoms with van der Waals surface area (Å²) in [4.78, 5) is 0. The van der Waals surface area contributed by atoms with Crippen molar-refractivity contribution in [3.63, 3.8) is 0 Å². The summed E-state index contributed by atoms with van der Waals surface area (Å²) in [5.74, 6) is 0. The van der Waals surface area contributed by atoms with E-state index in [0.717, 1.165) is 0 Å². The third-order valence-electron chi connectivity index (χ3n) is 2.83. The Morgan fingerprint density at radius 2 is 1.73 bits per heavy atom. The summed E-state index contributed by atoms with van der Waals surface area (Å²) in [6.45, 7) is 16.9. The van der Waals surface area contributed by atoms with E-state index in [4.69, 9.17) is 18.9 Å². The zero-order chi connectivity index (χ0) is 17.2. The number of ether oxygens (including phenoxy) is 4.